The second kappa shape index (κ2) is 17.3. The first-order valence-electron chi connectivity index (χ1n) is 16.0. The lowest BCUT2D eigenvalue weighted by molar-refractivity contribution is -0.173. The summed E-state index contributed by atoms with van der Waals surface area (Å²) >= 11 is 0. The standard InChI is InChI=1S/C36H48F3N2O6P/c1-26(2)41(27(3)4)48(7,43)47-25-28(12-11-23-40-34(42)36(37,38)39)24-46-35(29-13-9-8-10-14-29,30-15-19-32(44-5)20-16-30)31-17-21-33(45-6)22-18-31/h8-10,13-22,26-28H,11-12,23-25H2,1-7H3,(H,40,42). The van der Waals surface area contributed by atoms with Crippen LogP contribution in [0.3, 0.4) is 0 Å². The SMILES string of the molecule is COc1ccc(C(OCC(CCCNC(=O)C(F)(F)F)COP(C)(=O)N(C(C)C)C(C)C)(c2ccccc2)c2ccc(OC)cc2)cc1. The molecule has 3 aromatic carbocycles. The van der Waals surface area contributed by atoms with Crippen molar-refractivity contribution in [2.24, 2.45) is 5.92 Å². The van der Waals surface area contributed by atoms with Crippen molar-refractivity contribution in [3.63, 3.8) is 0 Å². The number of hydrogen-bond donors (Lipinski definition) is 1. The third-order valence-corrected chi connectivity index (χ3v) is 10.5. The predicted octanol–water partition coefficient (Wildman–Crippen LogP) is 8.05. The van der Waals surface area contributed by atoms with Crippen molar-refractivity contribution in [2.45, 2.75) is 64.4 Å². The largest absolute Gasteiger partial charge is 0.497 e. The number of ether oxygens (including phenoxy) is 3. The van der Waals surface area contributed by atoms with Crippen LogP contribution in [-0.2, 0) is 24.2 Å². The molecule has 0 spiro atoms. The van der Waals surface area contributed by atoms with Crippen molar-refractivity contribution in [1.82, 2.24) is 9.99 Å². The molecular weight excluding hydrogens is 644 g/mol. The second-order valence-corrected chi connectivity index (χ2v) is 14.6. The topological polar surface area (TPSA) is 86.3 Å². The molecule has 1 N–H and O–H groups in total. The lowest BCUT2D eigenvalue weighted by Crippen LogP contribution is -2.38. The van der Waals surface area contributed by atoms with E-state index in [1.165, 1.54) is 0 Å². The van der Waals surface area contributed by atoms with Crippen LogP contribution in [0.25, 0.3) is 0 Å². The van der Waals surface area contributed by atoms with Crippen LogP contribution in [0.2, 0.25) is 0 Å². The van der Waals surface area contributed by atoms with Crippen LogP contribution in [0.5, 0.6) is 11.5 Å². The molecule has 0 radical (unpaired) electrons. The molecule has 0 fully saturated rings. The number of halogens is 3. The zero-order valence-electron chi connectivity index (χ0n) is 28.8. The fourth-order valence-electron chi connectivity index (χ4n) is 5.97. The Bertz CT molecular complexity index is 1410. The maximum Gasteiger partial charge on any atom is 0.471 e. The van der Waals surface area contributed by atoms with E-state index in [2.05, 4.69) is 0 Å². The van der Waals surface area contributed by atoms with Crippen molar-refractivity contribution in [3.05, 3.63) is 95.6 Å². The third kappa shape index (κ3) is 10.1. The lowest BCUT2D eigenvalue weighted by atomic mass is 9.80. The van der Waals surface area contributed by atoms with Gasteiger partial charge in [-0.05, 0) is 81.5 Å². The van der Waals surface area contributed by atoms with E-state index >= 15 is 0 Å². The van der Waals surface area contributed by atoms with Gasteiger partial charge in [-0.1, -0.05) is 54.6 Å². The number of nitrogens with zero attached hydrogens (tertiary/aromatic N) is 1. The van der Waals surface area contributed by atoms with Gasteiger partial charge in [-0.3, -0.25) is 9.36 Å². The first-order valence-corrected chi connectivity index (χ1v) is 18.0. The Balaban J connectivity index is 2.03. The average Bonchev–Trinajstić information content (AvgIpc) is 3.05. The quantitative estimate of drug-likeness (QED) is 0.0821. The summed E-state index contributed by atoms with van der Waals surface area (Å²) < 4.78 is 78.2. The van der Waals surface area contributed by atoms with Crippen molar-refractivity contribution >= 4 is 13.4 Å². The summed E-state index contributed by atoms with van der Waals surface area (Å²) in [6.45, 7) is 9.28. The van der Waals surface area contributed by atoms with E-state index in [1.54, 1.807) is 20.9 Å². The number of rotatable bonds is 18. The summed E-state index contributed by atoms with van der Waals surface area (Å²) in [6.07, 6.45) is -4.42. The molecule has 0 saturated heterocycles. The number of methoxy groups -OCH3 is 2. The third-order valence-electron chi connectivity index (χ3n) is 8.07. The van der Waals surface area contributed by atoms with Crippen molar-refractivity contribution in [1.29, 1.82) is 0 Å². The van der Waals surface area contributed by atoms with E-state index in [9.17, 15) is 22.5 Å². The highest BCUT2D eigenvalue weighted by atomic mass is 31.2. The highest BCUT2D eigenvalue weighted by Gasteiger charge is 2.40. The monoisotopic (exact) mass is 692 g/mol. The summed E-state index contributed by atoms with van der Waals surface area (Å²) in [6, 6.07) is 24.7. The number of benzene rings is 3. The number of amides is 1. The molecule has 264 valence electrons. The van der Waals surface area contributed by atoms with Gasteiger partial charge < -0.3 is 24.1 Å². The maximum atomic E-state index is 13.9. The Kier molecular flexibility index (Phi) is 14.1. The van der Waals surface area contributed by atoms with Gasteiger partial charge in [-0.15, -0.1) is 0 Å². The molecule has 0 heterocycles. The molecule has 2 unspecified atom stereocenters. The summed E-state index contributed by atoms with van der Waals surface area (Å²) in [5.74, 6) is -1.06. The number of nitrogens with one attached hydrogen (secondary N) is 1. The normalized spacial score (nSPS) is 14.2. The zero-order chi connectivity index (χ0) is 35.5. The maximum absolute atomic E-state index is 13.9. The van der Waals surface area contributed by atoms with Crippen LogP contribution in [-0.4, -0.2) is 69.5 Å². The van der Waals surface area contributed by atoms with Crippen LogP contribution >= 0.6 is 7.52 Å². The summed E-state index contributed by atoms with van der Waals surface area (Å²) in [4.78, 5) is 11.4. The van der Waals surface area contributed by atoms with Crippen LogP contribution in [0.4, 0.5) is 13.2 Å². The van der Waals surface area contributed by atoms with Gasteiger partial charge in [0.1, 0.15) is 17.1 Å². The summed E-state index contributed by atoms with van der Waals surface area (Å²) in [5, 5.41) is 1.94. The summed E-state index contributed by atoms with van der Waals surface area (Å²) in [5.41, 5.74) is 1.32. The van der Waals surface area contributed by atoms with Gasteiger partial charge in [0, 0.05) is 31.2 Å². The van der Waals surface area contributed by atoms with Crippen LogP contribution in [0, 0.1) is 5.92 Å². The molecule has 1 amide bonds. The number of alkyl halides is 3. The van der Waals surface area contributed by atoms with Gasteiger partial charge in [-0.2, -0.15) is 13.2 Å². The molecule has 0 aliphatic rings. The minimum Gasteiger partial charge on any atom is -0.497 e. The van der Waals surface area contributed by atoms with Crippen molar-refractivity contribution < 1.29 is 41.3 Å². The number of carbonyl (C=O) groups excluding carboxylic acids is 1. The van der Waals surface area contributed by atoms with E-state index in [0.717, 1.165) is 16.7 Å². The fraction of sp³-hybridized carbons (Fsp3) is 0.472. The van der Waals surface area contributed by atoms with Gasteiger partial charge >= 0.3 is 12.1 Å². The fourth-order valence-corrected chi connectivity index (χ4v) is 8.27. The van der Waals surface area contributed by atoms with Crippen LogP contribution < -0.4 is 14.8 Å². The van der Waals surface area contributed by atoms with Gasteiger partial charge in [0.2, 0.25) is 0 Å². The van der Waals surface area contributed by atoms with Gasteiger partial charge in [-0.25, -0.2) is 4.67 Å². The molecule has 2 atom stereocenters. The first-order chi connectivity index (χ1) is 22.7. The Hall–Kier alpha value is -3.37. The van der Waals surface area contributed by atoms with E-state index in [1.807, 2.05) is 117 Å². The van der Waals surface area contributed by atoms with E-state index < -0.39 is 31.1 Å². The van der Waals surface area contributed by atoms with E-state index in [0.29, 0.717) is 17.9 Å². The first kappa shape index (κ1) is 39.1. The molecule has 0 saturated carbocycles. The average molecular weight is 693 g/mol. The van der Waals surface area contributed by atoms with Gasteiger partial charge in [0.05, 0.1) is 27.4 Å². The molecular formula is C36H48F3N2O6P. The van der Waals surface area contributed by atoms with Gasteiger partial charge in [0.25, 0.3) is 7.52 Å². The minimum atomic E-state index is -4.97. The zero-order valence-corrected chi connectivity index (χ0v) is 29.6. The van der Waals surface area contributed by atoms with E-state index in [-0.39, 0.29) is 38.3 Å². The van der Waals surface area contributed by atoms with Crippen LogP contribution in [0.1, 0.15) is 57.2 Å². The summed E-state index contributed by atoms with van der Waals surface area (Å²) in [7, 11) is -0.0898. The highest BCUT2D eigenvalue weighted by Crippen LogP contribution is 2.50. The van der Waals surface area contributed by atoms with Gasteiger partial charge in [0.15, 0.2) is 0 Å². The molecule has 3 aromatic rings. The number of hydrogen-bond acceptors (Lipinski definition) is 6. The van der Waals surface area contributed by atoms with Crippen molar-refractivity contribution in [2.75, 3.05) is 40.6 Å². The molecule has 8 nitrogen and oxygen atoms in total. The van der Waals surface area contributed by atoms with Crippen LogP contribution in [0.15, 0.2) is 78.9 Å². The second-order valence-electron chi connectivity index (χ2n) is 12.2. The Morgan fingerprint density at radius 3 is 1.71 bits per heavy atom. The molecule has 0 aliphatic carbocycles. The highest BCUT2D eigenvalue weighted by molar-refractivity contribution is 7.55. The Morgan fingerprint density at radius 2 is 1.27 bits per heavy atom. The molecule has 0 aromatic heterocycles. The van der Waals surface area contributed by atoms with Crippen molar-refractivity contribution in [3.8, 4) is 11.5 Å². The molecule has 3 rings (SSSR count). The van der Waals surface area contributed by atoms with E-state index in [4.69, 9.17) is 18.7 Å². The Morgan fingerprint density at radius 1 is 0.792 bits per heavy atom. The molecule has 12 heteroatoms. The number of carbonyl (C=O) groups is 1. The predicted molar refractivity (Wildman–Crippen MR) is 182 cm³/mol. The lowest BCUT2D eigenvalue weighted by Gasteiger charge is -2.38. The smallest absolute Gasteiger partial charge is 0.471 e. The molecule has 48 heavy (non-hydrogen) atoms. The molecule has 0 aliphatic heterocycles. The Labute approximate surface area is 282 Å². The molecule has 0 bridgehead atoms. The minimum absolute atomic E-state index is 0.0209.